The molecule has 1 saturated heterocycles. The molecule has 1 aromatic carbocycles. The molecular formula is C19H25N3O3. The van der Waals surface area contributed by atoms with E-state index < -0.39 is 0 Å². The second kappa shape index (κ2) is 7.37. The van der Waals surface area contributed by atoms with Gasteiger partial charge in [-0.3, -0.25) is 14.5 Å². The maximum absolute atomic E-state index is 12.7. The summed E-state index contributed by atoms with van der Waals surface area (Å²) in [6.45, 7) is 3.43. The number of aromatic nitrogens is 1. The van der Waals surface area contributed by atoms with Crippen LogP contribution in [-0.2, 0) is 11.2 Å². The van der Waals surface area contributed by atoms with Crippen molar-refractivity contribution in [2.24, 2.45) is 0 Å². The lowest BCUT2D eigenvalue weighted by Crippen LogP contribution is -2.45. The number of H-pyrrole nitrogens is 1. The van der Waals surface area contributed by atoms with Crippen LogP contribution in [0.5, 0.6) is 0 Å². The van der Waals surface area contributed by atoms with E-state index in [1.165, 1.54) is 0 Å². The summed E-state index contributed by atoms with van der Waals surface area (Å²) in [6, 6.07) is 9.69. The first-order valence-corrected chi connectivity index (χ1v) is 8.72. The molecule has 2 heterocycles. The predicted octanol–water partition coefficient (Wildman–Crippen LogP) is 0.984. The minimum absolute atomic E-state index is 0.0202. The van der Waals surface area contributed by atoms with Crippen LogP contribution in [0.4, 0.5) is 0 Å². The van der Waals surface area contributed by atoms with Crippen LogP contribution in [0.25, 0.3) is 10.9 Å². The van der Waals surface area contributed by atoms with Crippen LogP contribution in [0, 0.1) is 0 Å². The number of nitrogens with zero attached hydrogens (tertiary/aromatic N) is 2. The van der Waals surface area contributed by atoms with E-state index in [4.69, 9.17) is 5.11 Å². The molecule has 6 heteroatoms. The van der Waals surface area contributed by atoms with Crippen molar-refractivity contribution < 1.29 is 9.90 Å². The number of pyridine rings is 1. The molecule has 2 atom stereocenters. The number of carbonyl (C=O) groups is 1. The summed E-state index contributed by atoms with van der Waals surface area (Å²) >= 11 is 0. The number of aliphatic hydroxyl groups is 1. The summed E-state index contributed by atoms with van der Waals surface area (Å²) in [7, 11) is 1.97. The van der Waals surface area contributed by atoms with Crippen LogP contribution in [0.1, 0.15) is 18.9 Å². The molecule has 2 N–H and O–H groups in total. The molecule has 0 bridgehead atoms. The van der Waals surface area contributed by atoms with Gasteiger partial charge in [-0.2, -0.15) is 0 Å². The molecule has 25 heavy (non-hydrogen) atoms. The Morgan fingerprint density at radius 3 is 2.92 bits per heavy atom. The van der Waals surface area contributed by atoms with E-state index in [2.05, 4.69) is 9.88 Å². The number of likely N-dealkylation sites (N-methyl/N-ethyl adjacent to an activating group) is 1. The molecule has 1 fully saturated rings. The Labute approximate surface area is 147 Å². The van der Waals surface area contributed by atoms with Gasteiger partial charge in [0.15, 0.2) is 0 Å². The van der Waals surface area contributed by atoms with Crippen LogP contribution < -0.4 is 5.56 Å². The van der Waals surface area contributed by atoms with Crippen molar-refractivity contribution in [3.05, 3.63) is 46.2 Å². The zero-order valence-electron chi connectivity index (χ0n) is 14.7. The topological polar surface area (TPSA) is 76.6 Å². The fourth-order valence-corrected chi connectivity index (χ4v) is 3.78. The largest absolute Gasteiger partial charge is 0.395 e. The Kier molecular flexibility index (Phi) is 5.20. The number of rotatable bonds is 5. The van der Waals surface area contributed by atoms with Gasteiger partial charge >= 0.3 is 0 Å². The molecule has 1 aromatic heterocycles. The monoisotopic (exact) mass is 343 g/mol. The highest BCUT2D eigenvalue weighted by molar-refractivity contribution is 5.83. The third kappa shape index (κ3) is 3.60. The first kappa shape index (κ1) is 17.6. The van der Waals surface area contributed by atoms with E-state index >= 15 is 0 Å². The number of hydrogen-bond acceptors (Lipinski definition) is 4. The fraction of sp³-hybridized carbons (Fsp3) is 0.474. The van der Waals surface area contributed by atoms with Gasteiger partial charge in [0, 0.05) is 36.3 Å². The third-order valence-electron chi connectivity index (χ3n) is 5.23. The van der Waals surface area contributed by atoms with E-state index in [0.29, 0.717) is 18.7 Å². The minimum Gasteiger partial charge on any atom is -0.395 e. The number of fused-ring (bicyclic) bond motifs is 1. The lowest BCUT2D eigenvalue weighted by Gasteiger charge is -2.30. The van der Waals surface area contributed by atoms with Crippen molar-refractivity contribution in [1.82, 2.24) is 14.8 Å². The van der Waals surface area contributed by atoms with Crippen molar-refractivity contribution >= 4 is 16.8 Å². The SMILES string of the molecule is C[C@@H]1[C@H](N(C)CCO)CCN1C(=O)Cc1cc2ccccc2[nH]c1=O. The zero-order chi connectivity index (χ0) is 18.0. The minimum atomic E-state index is -0.201. The van der Waals surface area contributed by atoms with E-state index in [0.717, 1.165) is 17.3 Å². The molecule has 0 saturated carbocycles. The van der Waals surface area contributed by atoms with Crippen LogP contribution in [0.2, 0.25) is 0 Å². The average molecular weight is 343 g/mol. The number of benzene rings is 1. The van der Waals surface area contributed by atoms with E-state index in [-0.39, 0.29) is 36.6 Å². The molecule has 0 radical (unpaired) electrons. The van der Waals surface area contributed by atoms with Crippen molar-refractivity contribution in [1.29, 1.82) is 0 Å². The van der Waals surface area contributed by atoms with Gasteiger partial charge in [0.2, 0.25) is 5.91 Å². The Balaban J connectivity index is 1.74. The third-order valence-corrected chi connectivity index (χ3v) is 5.23. The van der Waals surface area contributed by atoms with Gasteiger partial charge in [-0.05, 0) is 37.9 Å². The number of aromatic amines is 1. The smallest absolute Gasteiger partial charge is 0.252 e. The van der Waals surface area contributed by atoms with Gasteiger partial charge in [0.1, 0.15) is 0 Å². The second-order valence-electron chi connectivity index (χ2n) is 6.78. The van der Waals surface area contributed by atoms with Gasteiger partial charge in [-0.25, -0.2) is 0 Å². The molecule has 1 aliphatic heterocycles. The first-order valence-electron chi connectivity index (χ1n) is 8.72. The van der Waals surface area contributed by atoms with Crippen molar-refractivity contribution in [2.45, 2.75) is 31.8 Å². The number of nitrogens with one attached hydrogen (secondary N) is 1. The summed E-state index contributed by atoms with van der Waals surface area (Å²) in [5.74, 6) is -0.0202. The molecule has 0 spiro atoms. The lowest BCUT2D eigenvalue weighted by atomic mass is 10.1. The second-order valence-corrected chi connectivity index (χ2v) is 6.78. The maximum atomic E-state index is 12.7. The molecule has 3 rings (SSSR count). The number of likely N-dealkylation sites (tertiary alicyclic amines) is 1. The Morgan fingerprint density at radius 1 is 1.40 bits per heavy atom. The van der Waals surface area contributed by atoms with Crippen LogP contribution >= 0.6 is 0 Å². The van der Waals surface area contributed by atoms with Crippen molar-refractivity contribution in [3.63, 3.8) is 0 Å². The zero-order valence-corrected chi connectivity index (χ0v) is 14.7. The number of para-hydroxylation sites is 1. The Morgan fingerprint density at radius 2 is 2.16 bits per heavy atom. The highest BCUT2D eigenvalue weighted by Gasteiger charge is 2.35. The molecule has 1 aliphatic rings. The van der Waals surface area contributed by atoms with Gasteiger partial charge < -0.3 is 15.0 Å². The number of carbonyl (C=O) groups excluding carboxylic acids is 1. The van der Waals surface area contributed by atoms with E-state index in [9.17, 15) is 9.59 Å². The molecular weight excluding hydrogens is 318 g/mol. The molecule has 2 aromatic rings. The fourth-order valence-electron chi connectivity index (χ4n) is 3.78. The Bertz CT molecular complexity index is 817. The quantitative estimate of drug-likeness (QED) is 0.849. The van der Waals surface area contributed by atoms with Crippen molar-refractivity contribution in [3.8, 4) is 0 Å². The number of hydrogen-bond donors (Lipinski definition) is 2. The number of aliphatic hydroxyl groups excluding tert-OH is 1. The molecule has 0 unspecified atom stereocenters. The molecule has 0 aliphatic carbocycles. The van der Waals surface area contributed by atoms with Gasteiger partial charge in [0.25, 0.3) is 5.56 Å². The lowest BCUT2D eigenvalue weighted by molar-refractivity contribution is -0.131. The number of amides is 1. The average Bonchev–Trinajstić information content (AvgIpc) is 2.97. The standard InChI is InChI=1S/C19H25N3O3/c1-13-17(21(2)9-10-23)7-8-22(13)18(24)12-15-11-14-5-3-4-6-16(14)20-19(15)25/h3-6,11,13,17,23H,7-10,12H2,1-2H3,(H,20,25)/t13-,17-/m1/s1. The Hall–Kier alpha value is -2.18. The highest BCUT2D eigenvalue weighted by Crippen LogP contribution is 2.23. The van der Waals surface area contributed by atoms with Crippen LogP contribution in [-0.4, -0.2) is 64.6 Å². The summed E-state index contributed by atoms with van der Waals surface area (Å²) in [4.78, 5) is 31.8. The van der Waals surface area contributed by atoms with Gasteiger partial charge in [0.05, 0.1) is 13.0 Å². The van der Waals surface area contributed by atoms with Gasteiger partial charge in [-0.1, -0.05) is 18.2 Å². The molecule has 1 amide bonds. The normalized spacial score (nSPS) is 20.6. The predicted molar refractivity (Wildman–Crippen MR) is 97.6 cm³/mol. The van der Waals surface area contributed by atoms with Crippen LogP contribution in [0.3, 0.4) is 0 Å². The molecule has 6 nitrogen and oxygen atoms in total. The van der Waals surface area contributed by atoms with E-state index in [1.807, 2.05) is 49.2 Å². The summed E-state index contributed by atoms with van der Waals surface area (Å²) < 4.78 is 0. The first-order chi connectivity index (χ1) is 12.0. The highest BCUT2D eigenvalue weighted by atomic mass is 16.3. The summed E-state index contributed by atoms with van der Waals surface area (Å²) in [6.07, 6.45) is 0.998. The van der Waals surface area contributed by atoms with Crippen molar-refractivity contribution in [2.75, 3.05) is 26.7 Å². The maximum Gasteiger partial charge on any atom is 0.252 e. The summed E-state index contributed by atoms with van der Waals surface area (Å²) in [5.41, 5.74) is 1.08. The van der Waals surface area contributed by atoms with Gasteiger partial charge in [-0.15, -0.1) is 0 Å². The summed E-state index contributed by atoms with van der Waals surface area (Å²) in [5, 5.41) is 10.0. The van der Waals surface area contributed by atoms with Crippen LogP contribution in [0.15, 0.2) is 35.1 Å². The molecule has 134 valence electrons. The van der Waals surface area contributed by atoms with E-state index in [1.54, 1.807) is 0 Å².